The number of rotatable bonds is 6. The normalized spacial score (nSPS) is 15.5. The number of benzene rings is 2. The Bertz CT molecular complexity index is 922. The maximum absolute atomic E-state index is 5.65. The molecular formula is C22H27N3O5S. The average molecular weight is 446 g/mol. The monoisotopic (exact) mass is 445 g/mol. The van der Waals surface area contributed by atoms with Crippen LogP contribution >= 0.6 is 12.2 Å². The zero-order chi connectivity index (χ0) is 21.8. The van der Waals surface area contributed by atoms with Gasteiger partial charge in [-0.2, -0.15) is 0 Å². The van der Waals surface area contributed by atoms with Crippen molar-refractivity contribution in [3.05, 3.63) is 35.9 Å². The van der Waals surface area contributed by atoms with E-state index < -0.39 is 0 Å². The predicted molar refractivity (Wildman–Crippen MR) is 122 cm³/mol. The average Bonchev–Trinajstić information content (AvgIpc) is 3.26. The lowest BCUT2D eigenvalue weighted by Gasteiger charge is -2.36. The van der Waals surface area contributed by atoms with Gasteiger partial charge in [-0.05, 0) is 29.9 Å². The first-order chi connectivity index (χ1) is 15.1. The van der Waals surface area contributed by atoms with Crippen molar-refractivity contribution in [2.24, 2.45) is 0 Å². The van der Waals surface area contributed by atoms with E-state index in [1.165, 1.54) is 5.56 Å². The molecule has 0 saturated carbocycles. The fourth-order valence-corrected chi connectivity index (χ4v) is 4.06. The number of anilines is 1. The summed E-state index contributed by atoms with van der Waals surface area (Å²) in [6, 6.07) is 9.83. The second kappa shape index (κ2) is 9.49. The van der Waals surface area contributed by atoms with Crippen molar-refractivity contribution in [1.82, 2.24) is 9.80 Å². The van der Waals surface area contributed by atoms with Crippen LogP contribution in [0.3, 0.4) is 0 Å². The lowest BCUT2D eigenvalue weighted by Crippen LogP contribution is -2.49. The third-order valence-corrected chi connectivity index (χ3v) is 5.78. The summed E-state index contributed by atoms with van der Waals surface area (Å²) in [5, 5.41) is 3.98. The molecule has 0 radical (unpaired) electrons. The lowest BCUT2D eigenvalue weighted by molar-refractivity contribution is 0.173. The van der Waals surface area contributed by atoms with E-state index in [1.54, 1.807) is 21.3 Å². The molecule has 2 aliphatic heterocycles. The van der Waals surface area contributed by atoms with Crippen molar-refractivity contribution in [2.75, 3.05) is 59.6 Å². The van der Waals surface area contributed by atoms with Gasteiger partial charge in [0.2, 0.25) is 12.5 Å². The van der Waals surface area contributed by atoms with E-state index in [-0.39, 0.29) is 0 Å². The number of hydrogen-bond donors (Lipinski definition) is 1. The maximum Gasteiger partial charge on any atom is 0.231 e. The summed E-state index contributed by atoms with van der Waals surface area (Å²) in [4.78, 5) is 4.59. The van der Waals surface area contributed by atoms with Crippen LogP contribution in [0, 0.1) is 0 Å². The number of ether oxygens (including phenoxy) is 5. The van der Waals surface area contributed by atoms with Gasteiger partial charge in [-0.25, -0.2) is 0 Å². The fourth-order valence-electron chi connectivity index (χ4n) is 3.76. The highest BCUT2D eigenvalue weighted by Crippen LogP contribution is 2.40. The molecule has 2 aliphatic rings. The summed E-state index contributed by atoms with van der Waals surface area (Å²) < 4.78 is 27.1. The maximum atomic E-state index is 5.65. The predicted octanol–water partition coefficient (Wildman–Crippen LogP) is 2.96. The molecule has 1 saturated heterocycles. The lowest BCUT2D eigenvalue weighted by atomic mass is 10.1. The second-order valence-electron chi connectivity index (χ2n) is 7.29. The van der Waals surface area contributed by atoms with Crippen molar-refractivity contribution in [2.45, 2.75) is 6.54 Å². The number of thiocarbonyl (C=S) groups is 1. The second-order valence-corrected chi connectivity index (χ2v) is 7.68. The highest BCUT2D eigenvalue weighted by molar-refractivity contribution is 7.80. The summed E-state index contributed by atoms with van der Waals surface area (Å²) in [5.74, 6) is 3.36. The van der Waals surface area contributed by atoms with Gasteiger partial charge in [0, 0.05) is 50.5 Å². The Kier molecular flexibility index (Phi) is 6.53. The van der Waals surface area contributed by atoms with Crippen molar-refractivity contribution >= 4 is 23.0 Å². The molecule has 2 heterocycles. The standard InChI is InChI=1S/C22H27N3O5S/c1-26-19-11-16(12-20(27-2)21(19)28-3)23-22(31)25-8-6-24(7-9-25)13-15-4-5-17-18(10-15)30-14-29-17/h4-5,10-12H,6-9,13-14H2,1-3H3,(H,23,31). The van der Waals surface area contributed by atoms with Gasteiger partial charge in [0.15, 0.2) is 28.1 Å². The summed E-state index contributed by atoms with van der Waals surface area (Å²) in [6.07, 6.45) is 0. The van der Waals surface area contributed by atoms with Crippen LogP contribution in [0.1, 0.15) is 5.56 Å². The highest BCUT2D eigenvalue weighted by Gasteiger charge is 2.21. The molecule has 0 spiro atoms. The molecule has 31 heavy (non-hydrogen) atoms. The Morgan fingerprint density at radius 2 is 1.61 bits per heavy atom. The smallest absolute Gasteiger partial charge is 0.231 e. The summed E-state index contributed by atoms with van der Waals surface area (Å²) >= 11 is 5.65. The molecule has 4 rings (SSSR count). The number of fused-ring (bicyclic) bond motifs is 1. The number of nitrogens with one attached hydrogen (secondary N) is 1. The van der Waals surface area contributed by atoms with E-state index in [9.17, 15) is 0 Å². The number of piperazine rings is 1. The quantitative estimate of drug-likeness (QED) is 0.676. The van der Waals surface area contributed by atoms with Crippen LogP contribution in [0.5, 0.6) is 28.7 Å². The van der Waals surface area contributed by atoms with Crippen molar-refractivity contribution in [3.8, 4) is 28.7 Å². The summed E-state index contributed by atoms with van der Waals surface area (Å²) in [5.41, 5.74) is 2.01. The van der Waals surface area contributed by atoms with Crippen LogP contribution in [0.25, 0.3) is 0 Å². The van der Waals surface area contributed by atoms with Gasteiger partial charge >= 0.3 is 0 Å². The van der Waals surface area contributed by atoms with Gasteiger partial charge < -0.3 is 33.9 Å². The Hall–Kier alpha value is -2.91. The Morgan fingerprint density at radius 3 is 2.26 bits per heavy atom. The topological polar surface area (TPSA) is 64.7 Å². The SMILES string of the molecule is COc1cc(NC(=S)N2CCN(Cc3ccc4c(c3)OCO4)CC2)cc(OC)c1OC. The third kappa shape index (κ3) is 4.72. The molecule has 2 aromatic carbocycles. The minimum Gasteiger partial charge on any atom is -0.493 e. The van der Waals surface area contributed by atoms with E-state index in [2.05, 4.69) is 27.2 Å². The first kappa shape index (κ1) is 21.3. The van der Waals surface area contributed by atoms with Gasteiger partial charge in [0.25, 0.3) is 0 Å². The minimum atomic E-state index is 0.299. The van der Waals surface area contributed by atoms with E-state index in [4.69, 9.17) is 35.9 Å². The molecule has 8 nitrogen and oxygen atoms in total. The van der Waals surface area contributed by atoms with Crippen molar-refractivity contribution < 1.29 is 23.7 Å². The largest absolute Gasteiger partial charge is 0.493 e. The van der Waals surface area contributed by atoms with Gasteiger partial charge in [0.1, 0.15) is 0 Å². The van der Waals surface area contributed by atoms with Crippen LogP contribution in [0.2, 0.25) is 0 Å². The van der Waals surface area contributed by atoms with Gasteiger partial charge in [0.05, 0.1) is 21.3 Å². The Morgan fingerprint density at radius 1 is 0.935 bits per heavy atom. The molecule has 1 N–H and O–H groups in total. The minimum absolute atomic E-state index is 0.299. The number of hydrogen-bond acceptors (Lipinski definition) is 7. The fraction of sp³-hybridized carbons (Fsp3) is 0.409. The highest BCUT2D eigenvalue weighted by atomic mass is 32.1. The van der Waals surface area contributed by atoms with E-state index in [0.717, 1.165) is 49.9 Å². The Balaban J connectivity index is 1.33. The molecule has 0 bridgehead atoms. The van der Waals surface area contributed by atoms with Gasteiger partial charge in [-0.15, -0.1) is 0 Å². The van der Waals surface area contributed by atoms with Gasteiger partial charge in [-0.3, -0.25) is 4.90 Å². The van der Waals surface area contributed by atoms with Crippen LogP contribution < -0.4 is 29.0 Å². The van der Waals surface area contributed by atoms with E-state index in [0.29, 0.717) is 29.2 Å². The van der Waals surface area contributed by atoms with Crippen LogP contribution in [-0.4, -0.2) is 69.2 Å². The molecule has 2 aromatic rings. The van der Waals surface area contributed by atoms with E-state index in [1.807, 2.05) is 18.2 Å². The summed E-state index contributed by atoms with van der Waals surface area (Å²) in [6.45, 7) is 4.71. The Labute approximate surface area is 187 Å². The molecule has 0 aromatic heterocycles. The van der Waals surface area contributed by atoms with Crippen molar-refractivity contribution in [3.63, 3.8) is 0 Å². The molecule has 0 unspecified atom stereocenters. The molecule has 0 aliphatic carbocycles. The molecule has 1 fully saturated rings. The molecule has 0 atom stereocenters. The molecular weight excluding hydrogens is 418 g/mol. The first-order valence-corrected chi connectivity index (χ1v) is 10.5. The third-order valence-electron chi connectivity index (χ3n) is 5.42. The van der Waals surface area contributed by atoms with Crippen molar-refractivity contribution in [1.29, 1.82) is 0 Å². The summed E-state index contributed by atoms with van der Waals surface area (Å²) in [7, 11) is 4.78. The molecule has 0 amide bonds. The van der Waals surface area contributed by atoms with Crippen LogP contribution in [0.4, 0.5) is 5.69 Å². The first-order valence-electron chi connectivity index (χ1n) is 10.1. The van der Waals surface area contributed by atoms with Crippen LogP contribution in [0.15, 0.2) is 30.3 Å². The number of nitrogens with zero attached hydrogens (tertiary/aromatic N) is 2. The zero-order valence-corrected chi connectivity index (χ0v) is 18.8. The van der Waals surface area contributed by atoms with Gasteiger partial charge in [-0.1, -0.05) is 6.07 Å². The van der Waals surface area contributed by atoms with Crippen LogP contribution in [-0.2, 0) is 6.54 Å². The molecule has 166 valence electrons. The van der Waals surface area contributed by atoms with E-state index >= 15 is 0 Å². The zero-order valence-electron chi connectivity index (χ0n) is 18.0. The molecule has 9 heteroatoms. The number of methoxy groups -OCH3 is 3.